The number of hydrogen-bond acceptors (Lipinski definition) is 5. The number of amides is 2. The zero-order chi connectivity index (χ0) is 15.8. The molecule has 0 bridgehead atoms. The summed E-state index contributed by atoms with van der Waals surface area (Å²) < 4.78 is 25.9. The van der Waals surface area contributed by atoms with Crippen molar-refractivity contribution < 1.29 is 27.8 Å². The Balaban J connectivity index is 0.000000621. The molecule has 0 radical (unpaired) electrons. The maximum Gasteiger partial charge on any atom is 0.293 e. The summed E-state index contributed by atoms with van der Waals surface area (Å²) >= 11 is 0. The summed E-state index contributed by atoms with van der Waals surface area (Å²) in [5.74, 6) is 3.35. The third-order valence-electron chi connectivity index (χ3n) is 1.58. The standard InChI is InChI=1S/C10H8N2O3.CH4O3S/c11-9(13)6-3-7-1-4-8(5-2-7)10(14)12-15;1-5(2,3)4/h1-2,4-5,15H,(H2,11,13)(H,12,14);1H3,(H,2,3,4). The average Bonchev–Trinajstić information content (AvgIpc) is 2.34. The largest absolute Gasteiger partial charge is 0.359 e. The molecule has 0 saturated heterocycles. The number of nitrogens with one attached hydrogen (secondary N) is 1. The van der Waals surface area contributed by atoms with E-state index in [0.29, 0.717) is 17.4 Å². The van der Waals surface area contributed by atoms with Crippen LogP contribution in [0.3, 0.4) is 0 Å². The van der Waals surface area contributed by atoms with Gasteiger partial charge >= 0.3 is 0 Å². The molecule has 0 unspecified atom stereocenters. The Morgan fingerprint density at radius 3 is 2.05 bits per heavy atom. The number of hydrogen-bond donors (Lipinski definition) is 4. The van der Waals surface area contributed by atoms with E-state index in [1.54, 1.807) is 12.1 Å². The van der Waals surface area contributed by atoms with Gasteiger partial charge in [0.05, 0.1) is 6.26 Å². The molecule has 8 nitrogen and oxygen atoms in total. The molecule has 20 heavy (non-hydrogen) atoms. The van der Waals surface area contributed by atoms with Crippen molar-refractivity contribution in [3.05, 3.63) is 35.4 Å². The minimum Gasteiger partial charge on any atom is -0.359 e. The second kappa shape index (κ2) is 7.90. The summed E-state index contributed by atoms with van der Waals surface area (Å²) in [6, 6.07) is 6.02. The highest BCUT2D eigenvalue weighted by Crippen LogP contribution is 2.02. The maximum absolute atomic E-state index is 10.9. The zero-order valence-electron chi connectivity index (χ0n) is 10.3. The number of primary amides is 1. The lowest BCUT2D eigenvalue weighted by Gasteiger charge is -1.97. The fraction of sp³-hybridized carbons (Fsp3) is 0.0909. The second-order valence-electron chi connectivity index (χ2n) is 3.37. The molecular weight excluding hydrogens is 288 g/mol. The second-order valence-corrected chi connectivity index (χ2v) is 4.83. The van der Waals surface area contributed by atoms with E-state index in [2.05, 4.69) is 11.8 Å². The SMILES string of the molecule is CS(=O)(=O)O.NC(=O)C#Cc1ccc(C(=O)NO)cc1. The van der Waals surface area contributed by atoms with Gasteiger partial charge in [0, 0.05) is 11.1 Å². The van der Waals surface area contributed by atoms with Gasteiger partial charge in [-0.05, 0) is 30.2 Å². The Morgan fingerprint density at radius 2 is 1.70 bits per heavy atom. The van der Waals surface area contributed by atoms with E-state index in [4.69, 9.17) is 15.5 Å². The highest BCUT2D eigenvalue weighted by atomic mass is 32.2. The third kappa shape index (κ3) is 9.60. The number of benzene rings is 1. The van der Waals surface area contributed by atoms with Crippen molar-refractivity contribution in [2.75, 3.05) is 6.26 Å². The number of carbonyl (C=O) groups excluding carboxylic acids is 2. The van der Waals surface area contributed by atoms with Gasteiger partial charge in [-0.3, -0.25) is 19.3 Å². The number of hydroxylamine groups is 1. The van der Waals surface area contributed by atoms with Gasteiger partial charge in [0.25, 0.3) is 21.9 Å². The van der Waals surface area contributed by atoms with Crippen molar-refractivity contribution in [3.8, 4) is 11.8 Å². The maximum atomic E-state index is 10.9. The van der Waals surface area contributed by atoms with Gasteiger partial charge in [0.15, 0.2) is 0 Å². The lowest BCUT2D eigenvalue weighted by atomic mass is 10.1. The molecule has 0 aliphatic heterocycles. The summed E-state index contributed by atoms with van der Waals surface area (Å²) in [6.45, 7) is 0. The van der Waals surface area contributed by atoms with Crippen molar-refractivity contribution in [1.29, 1.82) is 0 Å². The molecule has 0 aliphatic rings. The van der Waals surface area contributed by atoms with E-state index >= 15 is 0 Å². The first-order chi connectivity index (χ1) is 9.13. The van der Waals surface area contributed by atoms with Gasteiger partial charge in [-0.2, -0.15) is 8.42 Å². The fourth-order valence-corrected chi connectivity index (χ4v) is 0.903. The Kier molecular flexibility index (Phi) is 6.95. The van der Waals surface area contributed by atoms with Crippen molar-refractivity contribution in [1.82, 2.24) is 5.48 Å². The summed E-state index contributed by atoms with van der Waals surface area (Å²) in [6.07, 6.45) is 0.715. The molecule has 108 valence electrons. The van der Waals surface area contributed by atoms with E-state index in [1.165, 1.54) is 17.6 Å². The molecule has 0 heterocycles. The highest BCUT2D eigenvalue weighted by molar-refractivity contribution is 7.85. The van der Waals surface area contributed by atoms with Crippen LogP contribution >= 0.6 is 0 Å². The van der Waals surface area contributed by atoms with Crippen molar-refractivity contribution in [2.24, 2.45) is 5.73 Å². The topological polar surface area (TPSA) is 147 Å². The first-order valence-electron chi connectivity index (χ1n) is 4.92. The zero-order valence-corrected chi connectivity index (χ0v) is 11.1. The van der Waals surface area contributed by atoms with Gasteiger partial charge in [-0.1, -0.05) is 5.92 Å². The van der Waals surface area contributed by atoms with Crippen LogP contribution in [0, 0.1) is 11.8 Å². The van der Waals surface area contributed by atoms with Crippen LogP contribution in [0.5, 0.6) is 0 Å². The molecule has 0 saturated carbocycles. The van der Waals surface area contributed by atoms with E-state index in [1.807, 2.05) is 0 Å². The summed E-state index contributed by atoms with van der Waals surface area (Å²) in [5, 5.41) is 8.34. The molecule has 1 aromatic rings. The van der Waals surface area contributed by atoms with Crippen LogP contribution in [0.2, 0.25) is 0 Å². The lowest BCUT2D eigenvalue weighted by molar-refractivity contribution is -0.112. The van der Waals surface area contributed by atoms with Crippen molar-refractivity contribution in [3.63, 3.8) is 0 Å². The molecule has 0 aliphatic carbocycles. The number of rotatable bonds is 1. The number of carbonyl (C=O) groups is 2. The number of nitrogens with two attached hydrogens (primary N) is 1. The Bertz CT molecular complexity index is 632. The third-order valence-corrected chi connectivity index (χ3v) is 1.58. The van der Waals surface area contributed by atoms with Gasteiger partial charge in [-0.25, -0.2) is 5.48 Å². The van der Waals surface area contributed by atoms with Crippen molar-refractivity contribution in [2.45, 2.75) is 0 Å². The summed E-state index contributed by atoms with van der Waals surface area (Å²) in [7, 11) is -3.67. The molecule has 0 atom stereocenters. The molecule has 0 aromatic heterocycles. The monoisotopic (exact) mass is 300 g/mol. The van der Waals surface area contributed by atoms with Crippen LogP contribution in [0.15, 0.2) is 24.3 Å². The van der Waals surface area contributed by atoms with Crippen LogP contribution < -0.4 is 11.2 Å². The molecule has 0 spiro atoms. The van der Waals surface area contributed by atoms with Gasteiger partial charge in [0.1, 0.15) is 0 Å². The molecule has 1 rings (SSSR count). The van der Waals surface area contributed by atoms with Crippen LogP contribution in [0.1, 0.15) is 15.9 Å². The van der Waals surface area contributed by atoms with Gasteiger partial charge in [0.2, 0.25) is 0 Å². The molecule has 0 fully saturated rings. The molecule has 5 N–H and O–H groups in total. The summed E-state index contributed by atoms with van der Waals surface area (Å²) in [4.78, 5) is 21.3. The van der Waals surface area contributed by atoms with Gasteiger partial charge in [-0.15, -0.1) is 0 Å². The minimum atomic E-state index is -3.67. The fourth-order valence-electron chi connectivity index (χ4n) is 0.903. The van der Waals surface area contributed by atoms with Crippen molar-refractivity contribution >= 4 is 21.9 Å². The Morgan fingerprint density at radius 1 is 1.25 bits per heavy atom. The average molecular weight is 300 g/mol. The lowest BCUT2D eigenvalue weighted by Crippen LogP contribution is -2.18. The smallest absolute Gasteiger partial charge is 0.293 e. The van der Waals surface area contributed by atoms with E-state index in [0.717, 1.165) is 0 Å². The first kappa shape index (κ1) is 17.6. The van der Waals surface area contributed by atoms with Crippen LogP contribution in [0.25, 0.3) is 0 Å². The quantitative estimate of drug-likeness (QED) is 0.230. The highest BCUT2D eigenvalue weighted by Gasteiger charge is 2.01. The van der Waals surface area contributed by atoms with Gasteiger partial charge < -0.3 is 5.73 Å². The Hall–Kier alpha value is -2.41. The predicted octanol–water partition coefficient (Wildman–Crippen LogP) is -0.854. The van der Waals surface area contributed by atoms with Crippen LogP contribution in [0.4, 0.5) is 0 Å². The summed E-state index contributed by atoms with van der Waals surface area (Å²) in [5.41, 5.74) is 7.18. The predicted molar refractivity (Wildman–Crippen MR) is 69.2 cm³/mol. The molecule has 9 heteroatoms. The van der Waals surface area contributed by atoms with Crippen LogP contribution in [-0.2, 0) is 14.9 Å². The minimum absolute atomic E-state index is 0.294. The van der Waals surface area contributed by atoms with E-state index in [-0.39, 0.29) is 0 Å². The first-order valence-corrected chi connectivity index (χ1v) is 6.76. The van der Waals surface area contributed by atoms with E-state index < -0.39 is 21.9 Å². The normalized spacial score (nSPS) is 9.35. The molecule has 2 amide bonds. The molecular formula is C11H12N2O6S. The van der Waals surface area contributed by atoms with E-state index in [9.17, 15) is 18.0 Å². The Labute approximate surface area is 115 Å². The van der Waals surface area contributed by atoms with Crippen LogP contribution in [-0.4, -0.2) is 36.2 Å². The molecule has 1 aromatic carbocycles.